The van der Waals surface area contributed by atoms with Crippen molar-refractivity contribution in [1.82, 2.24) is 14.8 Å². The zero-order valence-electron chi connectivity index (χ0n) is 9.17. The van der Waals surface area contributed by atoms with E-state index in [2.05, 4.69) is 31.3 Å². The predicted molar refractivity (Wildman–Crippen MR) is 67.5 cm³/mol. The van der Waals surface area contributed by atoms with Gasteiger partial charge in [0, 0.05) is 18.6 Å². The molecule has 0 aliphatic heterocycles. The van der Waals surface area contributed by atoms with E-state index >= 15 is 0 Å². The number of nitrogens with one attached hydrogen (secondary N) is 1. The van der Waals surface area contributed by atoms with Gasteiger partial charge in [-0.3, -0.25) is 9.48 Å². The van der Waals surface area contributed by atoms with Crippen LogP contribution in [0.25, 0.3) is 0 Å². The molecule has 1 unspecified atom stereocenters. The Kier molecular flexibility index (Phi) is 3.53. The molecule has 0 spiro atoms. The van der Waals surface area contributed by atoms with Gasteiger partial charge in [0.1, 0.15) is 11.9 Å². The van der Waals surface area contributed by atoms with Crippen LogP contribution < -0.4 is 5.32 Å². The van der Waals surface area contributed by atoms with Crippen LogP contribution in [0.4, 0.5) is 5.82 Å². The third kappa shape index (κ3) is 2.71. The van der Waals surface area contributed by atoms with Crippen molar-refractivity contribution in [2.45, 2.75) is 13.0 Å². The number of anilines is 1. The van der Waals surface area contributed by atoms with Crippen molar-refractivity contribution in [1.29, 1.82) is 0 Å². The van der Waals surface area contributed by atoms with Gasteiger partial charge in [-0.2, -0.15) is 5.10 Å². The molecule has 0 radical (unpaired) electrons. The average molecular weight is 295 g/mol. The normalized spacial score (nSPS) is 12.1. The van der Waals surface area contributed by atoms with Crippen molar-refractivity contribution in [3.05, 3.63) is 41.3 Å². The summed E-state index contributed by atoms with van der Waals surface area (Å²) in [4.78, 5) is 16.0. The van der Waals surface area contributed by atoms with E-state index in [0.29, 0.717) is 5.82 Å². The van der Waals surface area contributed by atoms with E-state index in [9.17, 15) is 4.79 Å². The molecule has 0 aromatic carbocycles. The molecular formula is C11H11BrN4O. The standard InChI is InChI=1S/C11H11BrN4O/c1-8(16-7-3-6-14-16)11(17)15-10-9(12)4-2-5-13-10/h2-8H,1H3,(H,13,15,17). The summed E-state index contributed by atoms with van der Waals surface area (Å²) in [6.45, 7) is 1.78. The second-order valence-corrected chi connectivity index (χ2v) is 4.34. The molecule has 0 saturated heterocycles. The zero-order valence-corrected chi connectivity index (χ0v) is 10.8. The van der Waals surface area contributed by atoms with E-state index in [4.69, 9.17) is 0 Å². The van der Waals surface area contributed by atoms with E-state index in [0.717, 1.165) is 4.47 Å². The fraction of sp³-hybridized carbons (Fsp3) is 0.182. The van der Waals surface area contributed by atoms with Crippen molar-refractivity contribution < 1.29 is 4.79 Å². The maximum Gasteiger partial charge on any atom is 0.250 e. The first-order valence-corrected chi connectivity index (χ1v) is 5.88. The molecule has 88 valence electrons. The maximum absolute atomic E-state index is 11.9. The topological polar surface area (TPSA) is 59.8 Å². The van der Waals surface area contributed by atoms with Gasteiger partial charge in [0.25, 0.3) is 0 Å². The van der Waals surface area contributed by atoms with E-state index in [1.165, 1.54) is 0 Å². The number of amides is 1. The lowest BCUT2D eigenvalue weighted by Gasteiger charge is -2.12. The van der Waals surface area contributed by atoms with Crippen LogP contribution in [0.1, 0.15) is 13.0 Å². The Labute approximate surface area is 107 Å². The Morgan fingerprint density at radius 3 is 2.94 bits per heavy atom. The quantitative estimate of drug-likeness (QED) is 0.944. The molecule has 17 heavy (non-hydrogen) atoms. The molecular weight excluding hydrogens is 284 g/mol. The van der Waals surface area contributed by atoms with Gasteiger partial charge in [0.05, 0.1) is 4.47 Å². The highest BCUT2D eigenvalue weighted by Crippen LogP contribution is 2.19. The summed E-state index contributed by atoms with van der Waals surface area (Å²) >= 11 is 3.32. The van der Waals surface area contributed by atoms with E-state index in [-0.39, 0.29) is 11.9 Å². The summed E-state index contributed by atoms with van der Waals surface area (Å²) in [6.07, 6.45) is 5.01. The minimum atomic E-state index is -0.376. The van der Waals surface area contributed by atoms with Crippen LogP contribution in [0, 0.1) is 0 Å². The van der Waals surface area contributed by atoms with Crippen molar-refractivity contribution in [2.75, 3.05) is 5.32 Å². The lowest BCUT2D eigenvalue weighted by atomic mass is 10.3. The molecule has 2 aromatic rings. The number of pyridine rings is 1. The maximum atomic E-state index is 11.9. The molecule has 0 aliphatic carbocycles. The monoisotopic (exact) mass is 294 g/mol. The van der Waals surface area contributed by atoms with Gasteiger partial charge in [-0.15, -0.1) is 0 Å². The zero-order chi connectivity index (χ0) is 12.3. The van der Waals surface area contributed by atoms with Crippen LogP contribution in [0.3, 0.4) is 0 Å². The average Bonchev–Trinajstić information content (AvgIpc) is 2.84. The van der Waals surface area contributed by atoms with Crippen LogP contribution >= 0.6 is 15.9 Å². The molecule has 1 N–H and O–H groups in total. The minimum Gasteiger partial charge on any atom is -0.308 e. The van der Waals surface area contributed by atoms with E-state index < -0.39 is 0 Å². The van der Waals surface area contributed by atoms with Gasteiger partial charge < -0.3 is 5.32 Å². The van der Waals surface area contributed by atoms with Gasteiger partial charge in [0.15, 0.2) is 0 Å². The number of hydrogen-bond donors (Lipinski definition) is 1. The Bertz CT molecular complexity index is 512. The van der Waals surface area contributed by atoms with Gasteiger partial charge in [-0.25, -0.2) is 4.98 Å². The largest absolute Gasteiger partial charge is 0.308 e. The Morgan fingerprint density at radius 1 is 1.47 bits per heavy atom. The van der Waals surface area contributed by atoms with Crippen molar-refractivity contribution >= 4 is 27.7 Å². The number of rotatable bonds is 3. The molecule has 5 nitrogen and oxygen atoms in total. The summed E-state index contributed by atoms with van der Waals surface area (Å²) in [7, 11) is 0. The van der Waals surface area contributed by atoms with Gasteiger partial charge in [0.2, 0.25) is 5.91 Å². The molecule has 6 heteroatoms. The first-order chi connectivity index (χ1) is 8.18. The fourth-order valence-corrected chi connectivity index (χ4v) is 1.68. The highest BCUT2D eigenvalue weighted by Gasteiger charge is 2.16. The molecule has 2 rings (SSSR count). The van der Waals surface area contributed by atoms with Crippen LogP contribution in [-0.2, 0) is 4.79 Å². The summed E-state index contributed by atoms with van der Waals surface area (Å²) in [5.74, 6) is 0.351. The third-order valence-electron chi connectivity index (χ3n) is 2.30. The molecule has 0 aliphatic rings. The van der Waals surface area contributed by atoms with Gasteiger partial charge >= 0.3 is 0 Å². The van der Waals surface area contributed by atoms with Crippen LogP contribution in [-0.4, -0.2) is 20.7 Å². The molecule has 2 heterocycles. The van der Waals surface area contributed by atoms with Crippen molar-refractivity contribution in [3.8, 4) is 0 Å². The Morgan fingerprint density at radius 2 is 2.29 bits per heavy atom. The first kappa shape index (κ1) is 11.8. The van der Waals surface area contributed by atoms with Crippen molar-refractivity contribution in [3.63, 3.8) is 0 Å². The number of carbonyl (C=O) groups excluding carboxylic acids is 1. The summed E-state index contributed by atoms with van der Waals surface area (Å²) in [5.41, 5.74) is 0. The highest BCUT2D eigenvalue weighted by atomic mass is 79.9. The smallest absolute Gasteiger partial charge is 0.250 e. The predicted octanol–water partition coefficient (Wildman–Crippen LogP) is 2.24. The molecule has 0 saturated carbocycles. The molecule has 2 aromatic heterocycles. The summed E-state index contributed by atoms with van der Waals surface area (Å²) in [6, 6.07) is 5.01. The SMILES string of the molecule is CC(C(=O)Nc1ncccc1Br)n1cccn1. The number of aromatic nitrogens is 3. The lowest BCUT2D eigenvalue weighted by molar-refractivity contribution is -0.119. The molecule has 1 atom stereocenters. The van der Waals surface area contributed by atoms with Gasteiger partial charge in [-0.1, -0.05) is 0 Å². The number of carbonyl (C=O) groups is 1. The van der Waals surface area contributed by atoms with Gasteiger partial charge in [-0.05, 0) is 41.1 Å². The van der Waals surface area contributed by atoms with E-state index in [1.807, 2.05) is 6.07 Å². The lowest BCUT2D eigenvalue weighted by Crippen LogP contribution is -2.24. The third-order valence-corrected chi connectivity index (χ3v) is 2.94. The minimum absolute atomic E-state index is 0.159. The second-order valence-electron chi connectivity index (χ2n) is 3.49. The Balaban J connectivity index is 2.10. The van der Waals surface area contributed by atoms with Crippen LogP contribution in [0.2, 0.25) is 0 Å². The first-order valence-electron chi connectivity index (χ1n) is 5.09. The van der Waals surface area contributed by atoms with Crippen LogP contribution in [0.5, 0.6) is 0 Å². The number of hydrogen-bond acceptors (Lipinski definition) is 3. The van der Waals surface area contributed by atoms with Crippen molar-refractivity contribution in [2.24, 2.45) is 0 Å². The molecule has 1 amide bonds. The molecule has 0 fully saturated rings. The van der Waals surface area contributed by atoms with E-state index in [1.54, 1.807) is 42.3 Å². The number of nitrogens with zero attached hydrogens (tertiary/aromatic N) is 3. The molecule has 0 bridgehead atoms. The van der Waals surface area contributed by atoms with Crippen LogP contribution in [0.15, 0.2) is 41.3 Å². The summed E-state index contributed by atoms with van der Waals surface area (Å²) < 4.78 is 2.34. The highest BCUT2D eigenvalue weighted by molar-refractivity contribution is 9.10. The Hall–Kier alpha value is -1.69. The second kappa shape index (κ2) is 5.09. The summed E-state index contributed by atoms with van der Waals surface area (Å²) in [5, 5.41) is 6.77. The fourth-order valence-electron chi connectivity index (χ4n) is 1.33. The number of halogens is 1.